The van der Waals surface area contributed by atoms with Gasteiger partial charge in [0, 0.05) is 32.0 Å². The molecule has 24 heavy (non-hydrogen) atoms. The van der Waals surface area contributed by atoms with Crippen LogP contribution in [-0.2, 0) is 17.8 Å². The first-order valence-corrected chi connectivity index (χ1v) is 9.28. The molecule has 1 N–H and O–H groups in total. The highest BCUT2D eigenvalue weighted by Crippen LogP contribution is 2.35. The second-order valence-corrected chi connectivity index (χ2v) is 7.87. The fourth-order valence-electron chi connectivity index (χ4n) is 3.86. The van der Waals surface area contributed by atoms with Gasteiger partial charge in [-0.05, 0) is 56.8 Å². The number of nitrogens with zero attached hydrogens (tertiary/aromatic N) is 1. The Morgan fingerprint density at radius 2 is 2.25 bits per heavy atom. The van der Waals surface area contributed by atoms with E-state index in [1.54, 1.807) is 0 Å². The fourth-order valence-corrected chi connectivity index (χ4v) is 3.86. The smallest absolute Gasteiger partial charge is 0.220 e. The number of likely N-dealkylation sites (tertiary alicyclic amines) is 1. The lowest BCUT2D eigenvalue weighted by Gasteiger charge is -2.33. The van der Waals surface area contributed by atoms with Crippen LogP contribution >= 0.6 is 0 Å². The van der Waals surface area contributed by atoms with E-state index in [1.165, 1.54) is 11.1 Å². The van der Waals surface area contributed by atoms with Gasteiger partial charge in [-0.25, -0.2) is 0 Å². The maximum Gasteiger partial charge on any atom is 0.220 e. The summed E-state index contributed by atoms with van der Waals surface area (Å²) in [6.07, 6.45) is 4.77. The third-order valence-corrected chi connectivity index (χ3v) is 4.88. The molecule has 1 saturated heterocycles. The molecule has 3 rings (SSSR count). The van der Waals surface area contributed by atoms with E-state index >= 15 is 0 Å². The number of fused-ring (bicyclic) bond motifs is 1. The highest BCUT2D eigenvalue weighted by atomic mass is 16.5. The predicted octanol–water partition coefficient (Wildman–Crippen LogP) is 3.28. The van der Waals surface area contributed by atoms with Crippen LogP contribution in [0.4, 0.5) is 0 Å². The molecule has 0 aromatic heterocycles. The Balaban J connectivity index is 1.57. The zero-order chi connectivity index (χ0) is 17.2. The van der Waals surface area contributed by atoms with Crippen molar-refractivity contribution in [1.29, 1.82) is 0 Å². The van der Waals surface area contributed by atoms with E-state index in [-0.39, 0.29) is 11.5 Å². The molecular weight excluding hydrogens is 300 g/mol. The Hall–Kier alpha value is -1.55. The average Bonchev–Trinajstić information content (AvgIpc) is 2.81. The first-order valence-electron chi connectivity index (χ1n) is 9.28. The molecule has 0 spiro atoms. The van der Waals surface area contributed by atoms with Crippen molar-refractivity contribution in [3.8, 4) is 5.75 Å². The standard InChI is InChI=1S/C20H30N2O2/c1-4-6-19(23)21-17-7-5-10-22(14-17)13-15-8-9-18-16(11-15)12-20(2,3)24-18/h8-9,11,17H,4-7,10,12-14H2,1-3H3,(H,21,23). The number of piperidine rings is 1. The molecule has 4 nitrogen and oxygen atoms in total. The van der Waals surface area contributed by atoms with Gasteiger partial charge >= 0.3 is 0 Å². The van der Waals surface area contributed by atoms with Crippen LogP contribution in [0.3, 0.4) is 0 Å². The van der Waals surface area contributed by atoms with Crippen LogP contribution in [0.2, 0.25) is 0 Å². The number of carbonyl (C=O) groups is 1. The molecule has 1 unspecified atom stereocenters. The lowest BCUT2D eigenvalue weighted by atomic mass is 9.99. The summed E-state index contributed by atoms with van der Waals surface area (Å²) in [5.41, 5.74) is 2.58. The number of amides is 1. The van der Waals surface area contributed by atoms with Crippen LogP contribution in [0.25, 0.3) is 0 Å². The van der Waals surface area contributed by atoms with E-state index in [2.05, 4.69) is 42.3 Å². The zero-order valence-corrected chi connectivity index (χ0v) is 15.2. The van der Waals surface area contributed by atoms with Gasteiger partial charge < -0.3 is 10.1 Å². The molecule has 2 aliphatic rings. The summed E-state index contributed by atoms with van der Waals surface area (Å²) >= 11 is 0. The molecule has 0 aliphatic carbocycles. The third-order valence-electron chi connectivity index (χ3n) is 4.88. The average molecular weight is 330 g/mol. The highest BCUT2D eigenvalue weighted by molar-refractivity contribution is 5.76. The topological polar surface area (TPSA) is 41.6 Å². The van der Waals surface area contributed by atoms with Gasteiger partial charge in [-0.2, -0.15) is 0 Å². The van der Waals surface area contributed by atoms with Gasteiger partial charge in [0.2, 0.25) is 5.91 Å². The Morgan fingerprint density at radius 1 is 1.42 bits per heavy atom. The molecule has 4 heteroatoms. The molecule has 132 valence electrons. The van der Waals surface area contributed by atoms with Gasteiger partial charge in [-0.1, -0.05) is 19.1 Å². The minimum Gasteiger partial charge on any atom is -0.487 e. The number of nitrogens with one attached hydrogen (secondary N) is 1. The van der Waals surface area contributed by atoms with Crippen LogP contribution in [0, 0.1) is 0 Å². The van der Waals surface area contributed by atoms with Gasteiger partial charge in [0.1, 0.15) is 11.4 Å². The van der Waals surface area contributed by atoms with Crippen molar-refractivity contribution in [2.45, 2.75) is 71.1 Å². The van der Waals surface area contributed by atoms with Crippen LogP contribution < -0.4 is 10.1 Å². The molecule has 1 fully saturated rings. The second kappa shape index (κ2) is 7.14. The third kappa shape index (κ3) is 4.29. The second-order valence-electron chi connectivity index (χ2n) is 7.87. The monoisotopic (exact) mass is 330 g/mol. The highest BCUT2D eigenvalue weighted by Gasteiger charge is 2.30. The van der Waals surface area contributed by atoms with Crippen molar-refractivity contribution in [3.63, 3.8) is 0 Å². The van der Waals surface area contributed by atoms with E-state index in [4.69, 9.17) is 4.74 Å². The molecule has 0 bridgehead atoms. The quantitative estimate of drug-likeness (QED) is 0.901. The maximum absolute atomic E-state index is 11.8. The van der Waals surface area contributed by atoms with E-state index in [0.717, 1.165) is 51.1 Å². The molecule has 2 heterocycles. The summed E-state index contributed by atoms with van der Waals surface area (Å²) in [6.45, 7) is 9.34. The van der Waals surface area contributed by atoms with Crippen molar-refractivity contribution in [2.24, 2.45) is 0 Å². The number of benzene rings is 1. The van der Waals surface area contributed by atoms with Gasteiger partial charge in [0.25, 0.3) is 0 Å². The molecule has 2 aliphatic heterocycles. The zero-order valence-electron chi connectivity index (χ0n) is 15.2. The summed E-state index contributed by atoms with van der Waals surface area (Å²) in [5.74, 6) is 1.23. The lowest BCUT2D eigenvalue weighted by Crippen LogP contribution is -2.47. The molecule has 1 aromatic rings. The Morgan fingerprint density at radius 3 is 3.04 bits per heavy atom. The lowest BCUT2D eigenvalue weighted by molar-refractivity contribution is -0.122. The fraction of sp³-hybridized carbons (Fsp3) is 0.650. The minimum absolute atomic E-state index is 0.0826. The number of carbonyl (C=O) groups excluding carboxylic acids is 1. The summed E-state index contributed by atoms with van der Waals surface area (Å²) in [4.78, 5) is 14.3. The summed E-state index contributed by atoms with van der Waals surface area (Å²) < 4.78 is 5.96. The first-order chi connectivity index (χ1) is 11.4. The van der Waals surface area contributed by atoms with Crippen molar-refractivity contribution < 1.29 is 9.53 Å². The summed E-state index contributed by atoms with van der Waals surface area (Å²) in [5, 5.41) is 3.19. The van der Waals surface area contributed by atoms with E-state index < -0.39 is 0 Å². The number of ether oxygens (including phenoxy) is 1. The molecular formula is C20H30N2O2. The molecule has 1 aromatic carbocycles. The van der Waals surface area contributed by atoms with Crippen molar-refractivity contribution in [1.82, 2.24) is 10.2 Å². The molecule has 1 atom stereocenters. The van der Waals surface area contributed by atoms with Crippen LogP contribution in [0.15, 0.2) is 18.2 Å². The number of hydrogen-bond acceptors (Lipinski definition) is 3. The van der Waals surface area contributed by atoms with Crippen LogP contribution in [0.1, 0.15) is 57.6 Å². The van der Waals surface area contributed by atoms with E-state index in [0.29, 0.717) is 12.5 Å². The molecule has 1 amide bonds. The number of hydrogen-bond donors (Lipinski definition) is 1. The normalized spacial score (nSPS) is 22.7. The minimum atomic E-state index is -0.0826. The first kappa shape index (κ1) is 17.3. The SMILES string of the molecule is CCCC(=O)NC1CCCN(Cc2ccc3c(c2)CC(C)(C)O3)C1. The molecule has 0 radical (unpaired) electrons. The molecule has 0 saturated carbocycles. The maximum atomic E-state index is 11.8. The van der Waals surface area contributed by atoms with Gasteiger partial charge in [0.05, 0.1) is 0 Å². The van der Waals surface area contributed by atoms with Crippen molar-refractivity contribution >= 4 is 5.91 Å². The van der Waals surface area contributed by atoms with Gasteiger partial charge in [0.15, 0.2) is 0 Å². The Kier molecular flexibility index (Phi) is 5.14. The Bertz CT molecular complexity index is 597. The van der Waals surface area contributed by atoms with Crippen LogP contribution in [0.5, 0.6) is 5.75 Å². The van der Waals surface area contributed by atoms with Crippen molar-refractivity contribution in [3.05, 3.63) is 29.3 Å². The van der Waals surface area contributed by atoms with Crippen LogP contribution in [-0.4, -0.2) is 35.5 Å². The predicted molar refractivity (Wildman–Crippen MR) is 96.2 cm³/mol. The van der Waals surface area contributed by atoms with Gasteiger partial charge in [-0.15, -0.1) is 0 Å². The number of rotatable bonds is 5. The largest absolute Gasteiger partial charge is 0.487 e. The van der Waals surface area contributed by atoms with E-state index in [1.807, 2.05) is 6.92 Å². The summed E-state index contributed by atoms with van der Waals surface area (Å²) in [7, 11) is 0. The van der Waals surface area contributed by atoms with E-state index in [9.17, 15) is 4.79 Å². The Labute approximate surface area is 145 Å². The van der Waals surface area contributed by atoms with Gasteiger partial charge in [-0.3, -0.25) is 9.69 Å². The van der Waals surface area contributed by atoms with Crippen molar-refractivity contribution in [2.75, 3.05) is 13.1 Å². The summed E-state index contributed by atoms with van der Waals surface area (Å²) in [6, 6.07) is 6.89.